The van der Waals surface area contributed by atoms with Gasteiger partial charge in [0.2, 0.25) is 5.91 Å². The Morgan fingerprint density at radius 3 is 3.00 bits per heavy atom. The van der Waals surface area contributed by atoms with Gasteiger partial charge in [-0.2, -0.15) is 5.10 Å². The lowest BCUT2D eigenvalue weighted by Crippen LogP contribution is -2.28. The molecule has 1 N–H and O–H groups in total. The Morgan fingerprint density at radius 2 is 2.26 bits per heavy atom. The molecule has 4 heterocycles. The Bertz CT molecular complexity index is 1060. The van der Waals surface area contributed by atoms with E-state index in [-0.39, 0.29) is 29.8 Å². The van der Waals surface area contributed by atoms with Crippen molar-refractivity contribution < 1.29 is 13.2 Å². The fourth-order valence-electron chi connectivity index (χ4n) is 3.31. The Morgan fingerprint density at radius 1 is 1.37 bits per heavy atom. The van der Waals surface area contributed by atoms with Crippen LogP contribution in [0.5, 0.6) is 0 Å². The first-order chi connectivity index (χ1) is 13.0. The van der Waals surface area contributed by atoms with Gasteiger partial charge in [0.15, 0.2) is 15.5 Å². The molecule has 1 fully saturated rings. The molecule has 142 valence electrons. The minimum absolute atomic E-state index is 0.0509. The second-order valence-electron chi connectivity index (χ2n) is 6.80. The number of fused-ring (bicyclic) bond motifs is 1. The molecule has 7 nitrogen and oxygen atoms in total. The number of nitrogens with one attached hydrogen (secondary N) is 1. The van der Waals surface area contributed by atoms with E-state index in [9.17, 15) is 13.2 Å². The van der Waals surface area contributed by atoms with Crippen molar-refractivity contribution in [2.24, 2.45) is 5.92 Å². The van der Waals surface area contributed by atoms with Crippen molar-refractivity contribution >= 4 is 32.7 Å². The topological polar surface area (TPSA) is 93.4 Å². The van der Waals surface area contributed by atoms with E-state index >= 15 is 0 Å². The van der Waals surface area contributed by atoms with E-state index < -0.39 is 9.84 Å². The zero-order valence-corrected chi connectivity index (χ0v) is 16.3. The largest absolute Gasteiger partial charge is 0.356 e. The number of hydrogen-bond donors (Lipinski definition) is 1. The lowest BCUT2D eigenvalue weighted by atomic mass is 10.1. The monoisotopic (exact) mass is 404 g/mol. The average Bonchev–Trinajstić information content (AvgIpc) is 3.33. The van der Waals surface area contributed by atoms with E-state index in [2.05, 4.69) is 15.4 Å². The highest BCUT2D eigenvalue weighted by molar-refractivity contribution is 7.91. The molecule has 0 radical (unpaired) electrons. The molecular weight excluding hydrogens is 384 g/mol. The highest BCUT2D eigenvalue weighted by atomic mass is 32.2. The fraction of sp³-hybridized carbons (Fsp3) is 0.389. The number of amides is 1. The Kier molecular flexibility index (Phi) is 4.96. The van der Waals surface area contributed by atoms with Crippen molar-refractivity contribution in [3.8, 4) is 10.6 Å². The summed E-state index contributed by atoms with van der Waals surface area (Å²) in [5.74, 6) is 0.182. The van der Waals surface area contributed by atoms with Crippen molar-refractivity contribution in [3.63, 3.8) is 0 Å². The molecule has 1 saturated heterocycles. The standard InChI is InChI=1S/C18H20N4O3S2/c23-18(10-13-5-9-27(24,25)12-13)19-6-3-14-11-17-20-15(4-7-22(17)21-14)16-2-1-8-26-16/h1-2,4,7-8,11,13H,3,5-6,9-10,12H2,(H,19,23). The summed E-state index contributed by atoms with van der Waals surface area (Å²) in [5, 5.41) is 9.36. The third-order valence-corrected chi connectivity index (χ3v) is 7.38. The molecule has 0 spiro atoms. The van der Waals surface area contributed by atoms with Crippen LogP contribution >= 0.6 is 11.3 Å². The molecule has 0 aromatic carbocycles. The maximum Gasteiger partial charge on any atom is 0.220 e. The fourth-order valence-corrected chi connectivity index (χ4v) is 5.87. The van der Waals surface area contributed by atoms with Crippen LogP contribution < -0.4 is 5.32 Å². The van der Waals surface area contributed by atoms with Gasteiger partial charge in [-0.3, -0.25) is 4.79 Å². The number of thiophene rings is 1. The molecule has 0 aliphatic carbocycles. The number of sulfone groups is 1. The summed E-state index contributed by atoms with van der Waals surface area (Å²) in [6.07, 6.45) is 3.35. The van der Waals surface area contributed by atoms with Crippen LogP contribution in [-0.4, -0.2) is 47.0 Å². The van der Waals surface area contributed by atoms with Crippen LogP contribution in [0.2, 0.25) is 0 Å². The van der Waals surface area contributed by atoms with Crippen LogP contribution in [0.1, 0.15) is 18.5 Å². The molecule has 0 bridgehead atoms. The number of carbonyl (C=O) groups is 1. The molecule has 1 unspecified atom stereocenters. The van der Waals surface area contributed by atoms with Gasteiger partial charge in [0.25, 0.3) is 0 Å². The number of aromatic nitrogens is 3. The third kappa shape index (κ3) is 4.36. The zero-order valence-electron chi connectivity index (χ0n) is 14.7. The van der Waals surface area contributed by atoms with E-state index in [0.717, 1.165) is 21.9 Å². The second-order valence-corrected chi connectivity index (χ2v) is 9.98. The van der Waals surface area contributed by atoms with Gasteiger partial charge in [-0.25, -0.2) is 17.9 Å². The number of nitrogens with zero attached hydrogens (tertiary/aromatic N) is 3. The number of carbonyl (C=O) groups excluding carboxylic acids is 1. The van der Waals surface area contributed by atoms with Crippen molar-refractivity contribution in [2.75, 3.05) is 18.1 Å². The van der Waals surface area contributed by atoms with Crippen LogP contribution in [0, 0.1) is 5.92 Å². The lowest BCUT2D eigenvalue weighted by Gasteiger charge is -2.07. The normalized spacial score (nSPS) is 18.7. The maximum atomic E-state index is 12.0. The summed E-state index contributed by atoms with van der Waals surface area (Å²) in [6, 6.07) is 7.89. The third-order valence-electron chi connectivity index (χ3n) is 4.65. The quantitative estimate of drug-likeness (QED) is 0.678. The van der Waals surface area contributed by atoms with Crippen molar-refractivity contribution in [3.05, 3.63) is 41.5 Å². The van der Waals surface area contributed by atoms with Gasteiger partial charge in [0, 0.05) is 31.6 Å². The molecule has 0 saturated carbocycles. The first kappa shape index (κ1) is 18.1. The molecule has 27 heavy (non-hydrogen) atoms. The molecule has 4 rings (SSSR count). The van der Waals surface area contributed by atoms with E-state index in [1.165, 1.54) is 0 Å². The lowest BCUT2D eigenvalue weighted by molar-refractivity contribution is -0.121. The van der Waals surface area contributed by atoms with Crippen LogP contribution in [0.3, 0.4) is 0 Å². The molecule has 1 aliphatic rings. The molecule has 3 aromatic rings. The predicted octanol–water partition coefficient (Wildman–Crippen LogP) is 1.94. The summed E-state index contributed by atoms with van der Waals surface area (Å²) >= 11 is 1.64. The SMILES string of the molecule is O=C(CC1CCS(=O)(=O)C1)NCCc1cc2nc(-c3cccs3)ccn2n1. The predicted molar refractivity (Wildman–Crippen MR) is 104 cm³/mol. The van der Waals surface area contributed by atoms with Gasteiger partial charge in [-0.05, 0) is 29.9 Å². The maximum absolute atomic E-state index is 12.0. The number of hydrogen-bond acceptors (Lipinski definition) is 6. The average molecular weight is 405 g/mol. The molecule has 9 heteroatoms. The minimum Gasteiger partial charge on any atom is -0.356 e. The van der Waals surface area contributed by atoms with E-state index in [1.807, 2.05) is 35.8 Å². The first-order valence-corrected chi connectivity index (χ1v) is 11.5. The summed E-state index contributed by atoms with van der Waals surface area (Å²) < 4.78 is 24.7. The van der Waals surface area contributed by atoms with Crippen LogP contribution in [-0.2, 0) is 21.1 Å². The van der Waals surface area contributed by atoms with E-state index in [1.54, 1.807) is 15.9 Å². The van der Waals surface area contributed by atoms with E-state index in [4.69, 9.17) is 0 Å². The van der Waals surface area contributed by atoms with Gasteiger partial charge in [-0.15, -0.1) is 11.3 Å². The summed E-state index contributed by atoms with van der Waals surface area (Å²) in [6.45, 7) is 0.472. The molecular formula is C18H20N4O3S2. The van der Waals surface area contributed by atoms with Crippen molar-refractivity contribution in [2.45, 2.75) is 19.3 Å². The smallest absolute Gasteiger partial charge is 0.220 e. The summed E-state index contributed by atoms with van der Waals surface area (Å²) in [4.78, 5) is 17.7. The van der Waals surface area contributed by atoms with Gasteiger partial charge in [-0.1, -0.05) is 6.07 Å². The van der Waals surface area contributed by atoms with Crippen LogP contribution in [0.25, 0.3) is 16.2 Å². The summed E-state index contributed by atoms with van der Waals surface area (Å²) in [5.41, 5.74) is 2.55. The molecule has 3 aromatic heterocycles. The Balaban J connectivity index is 1.32. The van der Waals surface area contributed by atoms with Gasteiger partial charge in [0.1, 0.15) is 0 Å². The van der Waals surface area contributed by atoms with Crippen molar-refractivity contribution in [1.29, 1.82) is 0 Å². The second kappa shape index (κ2) is 7.40. The molecule has 1 amide bonds. The van der Waals surface area contributed by atoms with Gasteiger partial charge in [0.05, 0.1) is 27.8 Å². The highest BCUT2D eigenvalue weighted by Crippen LogP contribution is 2.23. The van der Waals surface area contributed by atoms with Crippen LogP contribution in [0.15, 0.2) is 35.8 Å². The Labute approximate surface area is 161 Å². The van der Waals surface area contributed by atoms with Crippen molar-refractivity contribution in [1.82, 2.24) is 19.9 Å². The van der Waals surface area contributed by atoms with Crippen LogP contribution in [0.4, 0.5) is 0 Å². The molecule has 1 atom stereocenters. The molecule has 1 aliphatic heterocycles. The van der Waals surface area contributed by atoms with E-state index in [0.29, 0.717) is 19.4 Å². The van der Waals surface area contributed by atoms with Gasteiger partial charge >= 0.3 is 0 Å². The Hall–Kier alpha value is -2.26. The number of rotatable bonds is 6. The van der Waals surface area contributed by atoms with Gasteiger partial charge < -0.3 is 5.32 Å². The first-order valence-electron chi connectivity index (χ1n) is 8.85. The summed E-state index contributed by atoms with van der Waals surface area (Å²) in [7, 11) is -2.94. The zero-order chi connectivity index (χ0) is 18.9. The highest BCUT2D eigenvalue weighted by Gasteiger charge is 2.29. The minimum atomic E-state index is -2.94.